The summed E-state index contributed by atoms with van der Waals surface area (Å²) in [4.78, 5) is 0. The number of ether oxygens (including phenoxy) is 2. The fourth-order valence-corrected chi connectivity index (χ4v) is 3.31. The summed E-state index contributed by atoms with van der Waals surface area (Å²) in [5, 5.41) is 19.4. The van der Waals surface area contributed by atoms with Crippen molar-refractivity contribution in [1.82, 2.24) is 0 Å². The smallest absolute Gasteiger partial charge is 0.492 e. The molecule has 0 spiro atoms. The first-order valence-electron chi connectivity index (χ1n) is 8.99. The highest BCUT2D eigenvalue weighted by molar-refractivity contribution is 6.74. The minimum atomic E-state index is -2.15. The second-order valence-corrected chi connectivity index (χ2v) is 12.8. The van der Waals surface area contributed by atoms with Crippen LogP contribution < -0.4 is 19.4 Å². The standard InChI is InChI=1S/C20H29BO5Si/c1-20(2,3)27(5,6)26-19-12-16(21(22)23)17(24-4)13-18(19)25-14-15-10-8-7-9-11-15/h7-13,22-23H,14H2,1-6H3. The predicted octanol–water partition coefficient (Wildman–Crippen LogP) is 3.34. The van der Waals surface area contributed by atoms with Gasteiger partial charge in [0.25, 0.3) is 8.32 Å². The van der Waals surface area contributed by atoms with Gasteiger partial charge in [-0.15, -0.1) is 0 Å². The zero-order valence-corrected chi connectivity index (χ0v) is 17.9. The highest BCUT2D eigenvalue weighted by Gasteiger charge is 2.40. The summed E-state index contributed by atoms with van der Waals surface area (Å²) in [7, 11) is -2.33. The SMILES string of the molecule is COc1cc(OCc2ccccc2)c(O[Si](C)(C)C(C)(C)C)cc1B(O)O. The minimum Gasteiger partial charge on any atom is -0.541 e. The topological polar surface area (TPSA) is 68.2 Å². The van der Waals surface area contributed by atoms with Crippen molar-refractivity contribution in [1.29, 1.82) is 0 Å². The van der Waals surface area contributed by atoms with Gasteiger partial charge in [-0.25, -0.2) is 0 Å². The Labute approximate surface area is 163 Å². The molecule has 0 amide bonds. The van der Waals surface area contributed by atoms with Gasteiger partial charge in [0.15, 0.2) is 5.75 Å². The normalized spacial score (nSPS) is 11.9. The van der Waals surface area contributed by atoms with Crippen molar-refractivity contribution in [3.63, 3.8) is 0 Å². The maximum absolute atomic E-state index is 9.71. The lowest BCUT2D eigenvalue weighted by molar-refractivity contribution is 0.292. The fraction of sp³-hybridized carbons (Fsp3) is 0.400. The van der Waals surface area contributed by atoms with Crippen molar-refractivity contribution in [2.45, 2.75) is 45.5 Å². The van der Waals surface area contributed by atoms with Crippen LogP contribution in [0.5, 0.6) is 17.2 Å². The second kappa shape index (κ2) is 8.37. The van der Waals surface area contributed by atoms with Gasteiger partial charge in [-0.3, -0.25) is 0 Å². The highest BCUT2D eigenvalue weighted by Crippen LogP contribution is 2.40. The number of methoxy groups -OCH3 is 1. The molecule has 2 rings (SSSR count). The van der Waals surface area contributed by atoms with Crippen molar-refractivity contribution in [2.24, 2.45) is 0 Å². The summed E-state index contributed by atoms with van der Waals surface area (Å²) >= 11 is 0. The van der Waals surface area contributed by atoms with Crippen molar-refractivity contribution in [2.75, 3.05) is 7.11 Å². The molecule has 2 aromatic carbocycles. The lowest BCUT2D eigenvalue weighted by atomic mass is 9.79. The van der Waals surface area contributed by atoms with Crippen LogP contribution in [0, 0.1) is 0 Å². The van der Waals surface area contributed by atoms with Gasteiger partial charge < -0.3 is 23.9 Å². The Kier molecular flexibility index (Phi) is 6.62. The lowest BCUT2D eigenvalue weighted by Gasteiger charge is -2.37. The molecule has 0 aliphatic rings. The Morgan fingerprint density at radius 3 is 2.11 bits per heavy atom. The maximum Gasteiger partial charge on any atom is 0.492 e. The van der Waals surface area contributed by atoms with E-state index < -0.39 is 15.4 Å². The summed E-state index contributed by atoms with van der Waals surface area (Å²) in [5.41, 5.74) is 1.28. The first-order valence-corrected chi connectivity index (χ1v) is 11.9. The van der Waals surface area contributed by atoms with Crippen molar-refractivity contribution in [3.05, 3.63) is 48.0 Å². The Bertz CT molecular complexity index is 757. The molecule has 0 saturated carbocycles. The predicted molar refractivity (Wildman–Crippen MR) is 111 cm³/mol. The van der Waals surface area contributed by atoms with Gasteiger partial charge in [-0.2, -0.15) is 0 Å². The van der Waals surface area contributed by atoms with Gasteiger partial charge in [0.2, 0.25) is 0 Å². The zero-order valence-electron chi connectivity index (χ0n) is 16.9. The summed E-state index contributed by atoms with van der Waals surface area (Å²) in [6.45, 7) is 11.1. The summed E-state index contributed by atoms with van der Waals surface area (Å²) in [6.07, 6.45) is 0. The quantitative estimate of drug-likeness (QED) is 0.712. The molecule has 0 radical (unpaired) electrons. The minimum absolute atomic E-state index is 0.0123. The van der Waals surface area contributed by atoms with Crippen LogP contribution in [-0.2, 0) is 6.61 Å². The second-order valence-electron chi connectivity index (χ2n) is 8.05. The largest absolute Gasteiger partial charge is 0.541 e. The van der Waals surface area contributed by atoms with E-state index in [2.05, 4.69) is 33.9 Å². The third kappa shape index (κ3) is 5.28. The molecule has 0 aliphatic heterocycles. The Hall–Kier alpha value is -1.96. The van der Waals surface area contributed by atoms with Crippen LogP contribution in [0.25, 0.3) is 0 Å². The third-order valence-electron chi connectivity index (χ3n) is 4.98. The molecule has 146 valence electrons. The van der Waals surface area contributed by atoms with Gasteiger partial charge >= 0.3 is 7.12 Å². The van der Waals surface area contributed by atoms with Crippen LogP contribution in [0.4, 0.5) is 0 Å². The molecular weight excluding hydrogens is 359 g/mol. The number of hydrogen-bond donors (Lipinski definition) is 2. The van der Waals surface area contributed by atoms with E-state index >= 15 is 0 Å². The van der Waals surface area contributed by atoms with Crippen LogP contribution in [0.2, 0.25) is 18.1 Å². The monoisotopic (exact) mass is 388 g/mol. The number of benzene rings is 2. The van der Waals surface area contributed by atoms with Gasteiger partial charge in [0, 0.05) is 11.5 Å². The van der Waals surface area contributed by atoms with E-state index in [4.69, 9.17) is 13.9 Å². The molecule has 2 aromatic rings. The summed E-state index contributed by atoms with van der Waals surface area (Å²) in [6, 6.07) is 13.1. The number of hydrogen-bond acceptors (Lipinski definition) is 5. The van der Waals surface area contributed by atoms with E-state index in [1.807, 2.05) is 30.3 Å². The summed E-state index contributed by atoms with van der Waals surface area (Å²) < 4.78 is 17.7. The van der Waals surface area contributed by atoms with Crippen LogP contribution in [0.15, 0.2) is 42.5 Å². The molecule has 7 heteroatoms. The van der Waals surface area contributed by atoms with E-state index in [9.17, 15) is 10.0 Å². The van der Waals surface area contributed by atoms with Gasteiger partial charge in [0.1, 0.15) is 18.1 Å². The van der Waals surface area contributed by atoms with E-state index in [0.717, 1.165) is 5.56 Å². The molecule has 0 bridgehead atoms. The van der Waals surface area contributed by atoms with Crippen LogP contribution in [0.1, 0.15) is 26.3 Å². The van der Waals surface area contributed by atoms with Crippen LogP contribution in [-0.4, -0.2) is 32.6 Å². The Balaban J connectivity index is 2.42. The lowest BCUT2D eigenvalue weighted by Crippen LogP contribution is -2.44. The fourth-order valence-electron chi connectivity index (χ4n) is 2.29. The molecule has 0 heterocycles. The van der Waals surface area contributed by atoms with Crippen LogP contribution in [0.3, 0.4) is 0 Å². The molecule has 2 N–H and O–H groups in total. The Morgan fingerprint density at radius 2 is 1.59 bits per heavy atom. The summed E-state index contributed by atoms with van der Waals surface area (Å²) in [5.74, 6) is 1.36. The maximum atomic E-state index is 9.71. The average Bonchev–Trinajstić information content (AvgIpc) is 2.59. The van der Waals surface area contributed by atoms with E-state index in [-0.39, 0.29) is 10.5 Å². The Morgan fingerprint density at radius 1 is 0.963 bits per heavy atom. The molecular formula is C20H29BO5Si. The van der Waals surface area contributed by atoms with E-state index in [1.165, 1.54) is 7.11 Å². The van der Waals surface area contributed by atoms with E-state index in [0.29, 0.717) is 23.9 Å². The van der Waals surface area contributed by atoms with Crippen molar-refractivity contribution in [3.8, 4) is 17.2 Å². The van der Waals surface area contributed by atoms with Gasteiger partial charge in [0.05, 0.1) is 7.11 Å². The first-order chi connectivity index (χ1) is 12.5. The highest BCUT2D eigenvalue weighted by atomic mass is 28.4. The third-order valence-corrected chi connectivity index (χ3v) is 9.33. The van der Waals surface area contributed by atoms with Crippen LogP contribution >= 0.6 is 0 Å². The average molecular weight is 388 g/mol. The van der Waals surface area contributed by atoms with Crippen molar-refractivity contribution >= 4 is 20.9 Å². The molecule has 0 aliphatic carbocycles. The van der Waals surface area contributed by atoms with E-state index in [1.54, 1.807) is 12.1 Å². The molecule has 27 heavy (non-hydrogen) atoms. The zero-order chi connectivity index (χ0) is 20.2. The van der Waals surface area contributed by atoms with Gasteiger partial charge in [-0.1, -0.05) is 51.1 Å². The molecule has 0 unspecified atom stereocenters. The van der Waals surface area contributed by atoms with Gasteiger partial charge in [-0.05, 0) is 29.8 Å². The number of rotatable bonds is 7. The molecule has 5 nitrogen and oxygen atoms in total. The molecule has 0 aromatic heterocycles. The van der Waals surface area contributed by atoms with Crippen molar-refractivity contribution < 1.29 is 23.9 Å². The first kappa shape index (κ1) is 21.3. The molecule has 0 saturated heterocycles. The molecule has 0 fully saturated rings. The molecule has 0 atom stereocenters.